The van der Waals surface area contributed by atoms with Gasteiger partial charge in [0.25, 0.3) is 0 Å². The van der Waals surface area contributed by atoms with E-state index >= 15 is 0 Å². The van der Waals surface area contributed by atoms with Crippen LogP contribution in [0, 0.1) is 0 Å². The minimum absolute atomic E-state index is 0.0536. The quantitative estimate of drug-likeness (QED) is 0.663. The number of para-hydroxylation sites is 1. The van der Waals surface area contributed by atoms with Crippen molar-refractivity contribution >= 4 is 11.6 Å². The highest BCUT2D eigenvalue weighted by Crippen LogP contribution is 2.30. The Balaban J connectivity index is 2.10. The van der Waals surface area contributed by atoms with E-state index in [4.69, 9.17) is 5.73 Å². The number of fused-ring (bicyclic) bond motifs is 1. The van der Waals surface area contributed by atoms with E-state index in [2.05, 4.69) is 10.6 Å². The lowest BCUT2D eigenvalue weighted by Gasteiger charge is -2.10. The molecule has 1 atom stereocenters. The Hall–Kier alpha value is -1.55. The molecule has 4 N–H and O–H groups in total. The molecule has 0 fully saturated rings. The zero-order chi connectivity index (χ0) is 10.7. The lowest BCUT2D eigenvalue weighted by atomic mass is 10.0. The first kappa shape index (κ1) is 9.98. The van der Waals surface area contributed by atoms with Crippen LogP contribution in [0.15, 0.2) is 24.3 Å². The summed E-state index contributed by atoms with van der Waals surface area (Å²) in [6.45, 7) is 1.70. The van der Waals surface area contributed by atoms with E-state index in [0.717, 1.165) is 11.3 Å². The highest BCUT2D eigenvalue weighted by Gasteiger charge is 2.27. The molecule has 1 aliphatic heterocycles. The molecule has 1 amide bonds. The lowest BCUT2D eigenvalue weighted by Crippen LogP contribution is -2.33. The Labute approximate surface area is 88.9 Å². The average Bonchev–Trinajstić information content (AvgIpc) is 2.69. The molecular weight excluding hydrogens is 190 g/mol. The van der Waals surface area contributed by atoms with E-state index in [-0.39, 0.29) is 11.8 Å². The maximum atomic E-state index is 11.8. The molecule has 0 bridgehead atoms. The van der Waals surface area contributed by atoms with Crippen LogP contribution in [0.2, 0.25) is 0 Å². The topological polar surface area (TPSA) is 67.1 Å². The van der Waals surface area contributed by atoms with Crippen molar-refractivity contribution in [3.63, 3.8) is 0 Å². The Morgan fingerprint density at radius 1 is 1.53 bits per heavy atom. The molecule has 2 rings (SSSR count). The molecule has 0 aliphatic carbocycles. The van der Waals surface area contributed by atoms with Crippen LogP contribution in [0.25, 0.3) is 0 Å². The van der Waals surface area contributed by atoms with E-state index in [1.807, 2.05) is 24.3 Å². The predicted molar refractivity (Wildman–Crippen MR) is 59.7 cm³/mol. The Kier molecular flexibility index (Phi) is 2.87. The lowest BCUT2D eigenvalue weighted by molar-refractivity contribution is -0.122. The summed E-state index contributed by atoms with van der Waals surface area (Å²) in [5.41, 5.74) is 7.48. The summed E-state index contributed by atoms with van der Waals surface area (Å²) in [5.74, 6) is -0.0225. The predicted octanol–water partition coefficient (Wildman–Crippen LogP) is 0.271. The molecule has 0 spiro atoms. The van der Waals surface area contributed by atoms with Crippen molar-refractivity contribution in [2.45, 2.75) is 5.92 Å². The number of anilines is 1. The van der Waals surface area contributed by atoms with Gasteiger partial charge in [-0.05, 0) is 11.6 Å². The van der Waals surface area contributed by atoms with Crippen molar-refractivity contribution in [1.82, 2.24) is 5.32 Å². The third-order valence-electron chi connectivity index (χ3n) is 2.59. The number of nitrogens with one attached hydrogen (secondary N) is 2. The molecule has 1 unspecified atom stereocenters. The van der Waals surface area contributed by atoms with Gasteiger partial charge < -0.3 is 16.4 Å². The molecular formula is C11H15N3O. The number of amides is 1. The highest BCUT2D eigenvalue weighted by molar-refractivity contribution is 5.88. The molecule has 0 aromatic heterocycles. The molecule has 1 aliphatic rings. The van der Waals surface area contributed by atoms with Crippen molar-refractivity contribution in [2.75, 3.05) is 25.0 Å². The van der Waals surface area contributed by atoms with E-state index in [9.17, 15) is 4.79 Å². The standard InChI is InChI=1S/C11H15N3O/c12-5-6-13-11(15)9-7-14-10-4-2-1-3-8(9)10/h1-4,9,14H,5-7,12H2,(H,13,15). The van der Waals surface area contributed by atoms with Crippen molar-refractivity contribution in [1.29, 1.82) is 0 Å². The maximum absolute atomic E-state index is 11.8. The van der Waals surface area contributed by atoms with Gasteiger partial charge in [-0.3, -0.25) is 4.79 Å². The molecule has 1 aromatic rings. The summed E-state index contributed by atoms with van der Waals surface area (Å²) in [4.78, 5) is 11.8. The molecule has 80 valence electrons. The van der Waals surface area contributed by atoms with E-state index < -0.39 is 0 Å². The summed E-state index contributed by atoms with van der Waals surface area (Å²) in [6, 6.07) is 7.90. The van der Waals surface area contributed by atoms with Crippen LogP contribution in [0.3, 0.4) is 0 Å². The third kappa shape index (κ3) is 1.94. The number of carbonyl (C=O) groups is 1. The van der Waals surface area contributed by atoms with E-state index in [1.165, 1.54) is 0 Å². The molecule has 4 nitrogen and oxygen atoms in total. The van der Waals surface area contributed by atoms with Gasteiger partial charge in [0.05, 0.1) is 5.92 Å². The smallest absolute Gasteiger partial charge is 0.229 e. The summed E-state index contributed by atoms with van der Waals surface area (Å²) < 4.78 is 0. The minimum Gasteiger partial charge on any atom is -0.384 e. The zero-order valence-corrected chi connectivity index (χ0v) is 8.49. The van der Waals surface area contributed by atoms with Crippen LogP contribution in [0.1, 0.15) is 11.5 Å². The SMILES string of the molecule is NCCNC(=O)C1CNc2ccccc21. The van der Waals surface area contributed by atoms with Crippen LogP contribution in [0.4, 0.5) is 5.69 Å². The van der Waals surface area contributed by atoms with Crippen LogP contribution < -0.4 is 16.4 Å². The Morgan fingerprint density at radius 3 is 3.13 bits per heavy atom. The monoisotopic (exact) mass is 205 g/mol. The van der Waals surface area contributed by atoms with Gasteiger partial charge in [0.15, 0.2) is 0 Å². The first-order valence-electron chi connectivity index (χ1n) is 5.13. The second-order valence-electron chi connectivity index (χ2n) is 3.60. The van der Waals surface area contributed by atoms with Gasteiger partial charge in [-0.2, -0.15) is 0 Å². The maximum Gasteiger partial charge on any atom is 0.229 e. The molecule has 1 aromatic carbocycles. The van der Waals surface area contributed by atoms with Crippen LogP contribution >= 0.6 is 0 Å². The molecule has 1 heterocycles. The van der Waals surface area contributed by atoms with Gasteiger partial charge in [-0.15, -0.1) is 0 Å². The molecule has 0 saturated heterocycles. The molecule has 0 radical (unpaired) electrons. The van der Waals surface area contributed by atoms with Crippen molar-refractivity contribution in [2.24, 2.45) is 5.73 Å². The van der Waals surface area contributed by atoms with Crippen LogP contribution in [-0.4, -0.2) is 25.5 Å². The summed E-state index contributed by atoms with van der Waals surface area (Å²) in [6.07, 6.45) is 0. The van der Waals surface area contributed by atoms with Crippen molar-refractivity contribution in [3.8, 4) is 0 Å². The number of benzene rings is 1. The number of carbonyl (C=O) groups excluding carboxylic acids is 1. The Bertz CT molecular complexity index is 365. The van der Waals surface area contributed by atoms with Crippen molar-refractivity contribution < 1.29 is 4.79 Å². The highest BCUT2D eigenvalue weighted by atomic mass is 16.1. The van der Waals surface area contributed by atoms with Crippen LogP contribution in [-0.2, 0) is 4.79 Å². The number of nitrogens with two attached hydrogens (primary N) is 1. The van der Waals surface area contributed by atoms with Gasteiger partial charge >= 0.3 is 0 Å². The fourth-order valence-electron chi connectivity index (χ4n) is 1.84. The molecule has 15 heavy (non-hydrogen) atoms. The molecule has 4 heteroatoms. The van der Waals surface area contributed by atoms with E-state index in [0.29, 0.717) is 19.6 Å². The van der Waals surface area contributed by atoms with Gasteiger partial charge in [0.2, 0.25) is 5.91 Å². The molecule has 0 saturated carbocycles. The van der Waals surface area contributed by atoms with E-state index in [1.54, 1.807) is 0 Å². The first-order valence-corrected chi connectivity index (χ1v) is 5.13. The third-order valence-corrected chi connectivity index (χ3v) is 2.59. The van der Waals surface area contributed by atoms with Gasteiger partial charge in [0, 0.05) is 25.3 Å². The fraction of sp³-hybridized carbons (Fsp3) is 0.364. The summed E-state index contributed by atoms with van der Waals surface area (Å²) in [7, 11) is 0. The average molecular weight is 205 g/mol. The van der Waals surface area contributed by atoms with Crippen molar-refractivity contribution in [3.05, 3.63) is 29.8 Å². The van der Waals surface area contributed by atoms with Crippen LogP contribution in [0.5, 0.6) is 0 Å². The number of rotatable bonds is 3. The first-order chi connectivity index (χ1) is 7.33. The second kappa shape index (κ2) is 4.31. The summed E-state index contributed by atoms with van der Waals surface area (Å²) in [5, 5.41) is 6.03. The number of hydrogen-bond acceptors (Lipinski definition) is 3. The number of hydrogen-bond donors (Lipinski definition) is 3. The van der Waals surface area contributed by atoms with Gasteiger partial charge in [-0.25, -0.2) is 0 Å². The normalized spacial score (nSPS) is 18.1. The Morgan fingerprint density at radius 2 is 2.33 bits per heavy atom. The second-order valence-corrected chi connectivity index (χ2v) is 3.60. The minimum atomic E-state index is -0.0762. The largest absolute Gasteiger partial charge is 0.384 e. The zero-order valence-electron chi connectivity index (χ0n) is 8.49. The summed E-state index contributed by atoms with van der Waals surface area (Å²) >= 11 is 0. The van der Waals surface area contributed by atoms with Gasteiger partial charge in [-0.1, -0.05) is 18.2 Å². The van der Waals surface area contributed by atoms with Gasteiger partial charge in [0.1, 0.15) is 0 Å². The fourth-order valence-corrected chi connectivity index (χ4v) is 1.84.